The van der Waals surface area contributed by atoms with Crippen LogP contribution in [0.1, 0.15) is 0 Å². The van der Waals surface area contributed by atoms with Crippen LogP contribution in [0.2, 0.25) is 0 Å². The van der Waals surface area contributed by atoms with Crippen molar-refractivity contribution < 1.29 is 56.4 Å². The number of hydrogen-bond acceptors (Lipinski definition) is 6. The molecule has 1 radical (unpaired) electrons. The van der Waals surface area contributed by atoms with Gasteiger partial charge >= 0.3 is 53.4 Å². The molecular weight excluding hydrogens is 358 g/mol. The minimum atomic E-state index is -1.23. The van der Waals surface area contributed by atoms with Crippen molar-refractivity contribution in [3.63, 3.8) is 0 Å². The number of hydrogen-bond donors (Lipinski definition) is 4. The van der Waals surface area contributed by atoms with Gasteiger partial charge in [0.1, 0.15) is 0 Å². The molecular formula is C10H17CoN2NaO8. The van der Waals surface area contributed by atoms with E-state index in [1.165, 1.54) is 0 Å². The van der Waals surface area contributed by atoms with Crippen molar-refractivity contribution >= 4 is 53.4 Å². The van der Waals surface area contributed by atoms with Crippen LogP contribution in [0.25, 0.3) is 0 Å². The molecule has 0 bridgehead atoms. The molecule has 0 aliphatic heterocycles. The van der Waals surface area contributed by atoms with Gasteiger partial charge in [0.05, 0.1) is 26.2 Å². The van der Waals surface area contributed by atoms with Crippen LogP contribution in [-0.4, -0.2) is 123 Å². The Bertz CT molecular complexity index is 327. The average molecular weight is 375 g/mol. The summed E-state index contributed by atoms with van der Waals surface area (Å²) in [6, 6.07) is 0. The van der Waals surface area contributed by atoms with Gasteiger partial charge in [0.25, 0.3) is 0 Å². The van der Waals surface area contributed by atoms with Gasteiger partial charge in [-0.1, -0.05) is 0 Å². The monoisotopic (exact) mass is 375 g/mol. The van der Waals surface area contributed by atoms with Crippen molar-refractivity contribution in [3.8, 4) is 0 Å². The second-order valence-corrected chi connectivity index (χ2v) is 4.00. The Kier molecular flexibility index (Phi) is 16.6. The van der Waals surface area contributed by atoms with Gasteiger partial charge in [0, 0.05) is 29.9 Å². The Balaban J connectivity index is -0.00000180. The van der Waals surface area contributed by atoms with Crippen molar-refractivity contribution in [3.05, 3.63) is 0 Å². The minimum absolute atomic E-state index is 0. The number of carboxylic acid groups (broad SMARTS) is 4. The molecule has 0 saturated heterocycles. The zero-order valence-electron chi connectivity index (χ0n) is 10.9. The fourth-order valence-corrected chi connectivity index (χ4v) is 1.48. The fourth-order valence-electron chi connectivity index (χ4n) is 1.48. The summed E-state index contributed by atoms with van der Waals surface area (Å²) in [5.74, 6) is -4.91. The Hall–Kier alpha value is -0.694. The zero-order chi connectivity index (χ0) is 15.7. The van der Waals surface area contributed by atoms with E-state index in [9.17, 15) is 19.2 Å². The van der Waals surface area contributed by atoms with E-state index in [0.29, 0.717) is 0 Å². The van der Waals surface area contributed by atoms with E-state index < -0.39 is 50.1 Å². The molecule has 0 saturated carbocycles. The molecule has 0 spiro atoms. The van der Waals surface area contributed by atoms with Gasteiger partial charge in [0.15, 0.2) is 0 Å². The van der Waals surface area contributed by atoms with E-state index >= 15 is 0 Å². The number of carbonyl (C=O) groups is 4. The van der Waals surface area contributed by atoms with E-state index in [0.717, 1.165) is 9.80 Å². The molecule has 0 aliphatic rings. The first-order valence-corrected chi connectivity index (χ1v) is 5.52. The molecule has 0 unspecified atom stereocenters. The van der Waals surface area contributed by atoms with Crippen LogP contribution in [0.15, 0.2) is 0 Å². The summed E-state index contributed by atoms with van der Waals surface area (Å²) in [6.45, 7) is -2.25. The second-order valence-electron chi connectivity index (χ2n) is 4.00. The first-order valence-electron chi connectivity index (χ1n) is 5.52. The summed E-state index contributed by atoms with van der Waals surface area (Å²) in [5.41, 5.74) is 0. The summed E-state index contributed by atoms with van der Waals surface area (Å²) in [7, 11) is 0. The molecule has 0 fully saturated rings. The van der Waals surface area contributed by atoms with Crippen LogP contribution >= 0.6 is 0 Å². The van der Waals surface area contributed by atoms with E-state index in [1.807, 2.05) is 0 Å². The van der Waals surface area contributed by atoms with Crippen molar-refractivity contribution in [2.45, 2.75) is 0 Å². The summed E-state index contributed by atoms with van der Waals surface area (Å²) >= 11 is 0. The van der Waals surface area contributed by atoms with Gasteiger partial charge in [-0.2, -0.15) is 0 Å². The molecule has 0 aliphatic carbocycles. The summed E-state index contributed by atoms with van der Waals surface area (Å²) in [5, 5.41) is 34.5. The molecule has 0 heterocycles. The van der Waals surface area contributed by atoms with Crippen LogP contribution in [0.3, 0.4) is 0 Å². The molecule has 125 valence electrons. The molecule has 0 aromatic carbocycles. The molecule has 0 atom stereocenters. The predicted octanol–water partition coefficient (Wildman–Crippen LogP) is -2.72. The van der Waals surface area contributed by atoms with Crippen LogP contribution in [0, 0.1) is 0 Å². The Labute approximate surface area is 158 Å². The van der Waals surface area contributed by atoms with Crippen molar-refractivity contribution in [1.29, 1.82) is 0 Å². The summed E-state index contributed by atoms with van der Waals surface area (Å²) in [4.78, 5) is 44.4. The van der Waals surface area contributed by atoms with Crippen LogP contribution < -0.4 is 0 Å². The van der Waals surface area contributed by atoms with Gasteiger partial charge in [-0.25, -0.2) is 0 Å². The van der Waals surface area contributed by atoms with Gasteiger partial charge in [-0.05, 0) is 0 Å². The summed E-state index contributed by atoms with van der Waals surface area (Å²) in [6.07, 6.45) is 0. The number of aliphatic carboxylic acids is 4. The van der Waals surface area contributed by atoms with Gasteiger partial charge in [0.2, 0.25) is 0 Å². The molecule has 0 aromatic heterocycles. The van der Waals surface area contributed by atoms with E-state index in [2.05, 4.69) is 0 Å². The number of carboxylic acids is 4. The Morgan fingerprint density at radius 2 is 0.773 bits per heavy atom. The van der Waals surface area contributed by atoms with Crippen molar-refractivity contribution in [2.75, 3.05) is 39.3 Å². The standard InChI is InChI=1S/C10H16N2O8.Co.Na.H/c13-7(14)3-11(4-8(15)16)1-2-12(5-9(17)18)6-10(19)20;;;/h1-6H2,(H,13,14)(H,15,16)(H,17,18)(H,19,20);;;. The molecule has 12 heteroatoms. The number of nitrogens with zero attached hydrogens (tertiary/aromatic N) is 2. The quantitative estimate of drug-likeness (QED) is 0.280. The molecule has 0 aromatic rings. The maximum absolute atomic E-state index is 10.6. The third-order valence-corrected chi connectivity index (χ3v) is 2.17. The average Bonchev–Trinajstić information content (AvgIpc) is 2.22. The second kappa shape index (κ2) is 13.9. The van der Waals surface area contributed by atoms with Crippen molar-refractivity contribution in [1.82, 2.24) is 9.80 Å². The van der Waals surface area contributed by atoms with Gasteiger partial charge in [-0.3, -0.25) is 29.0 Å². The molecule has 22 heavy (non-hydrogen) atoms. The third-order valence-electron chi connectivity index (χ3n) is 2.17. The van der Waals surface area contributed by atoms with Gasteiger partial charge < -0.3 is 20.4 Å². The first kappa shape index (κ1) is 26.2. The van der Waals surface area contributed by atoms with E-state index in [-0.39, 0.29) is 59.4 Å². The van der Waals surface area contributed by atoms with Crippen LogP contribution in [0.4, 0.5) is 0 Å². The fraction of sp³-hybridized carbons (Fsp3) is 0.600. The maximum atomic E-state index is 10.6. The molecule has 4 N–H and O–H groups in total. The molecule has 0 rings (SSSR count). The van der Waals surface area contributed by atoms with E-state index in [1.54, 1.807) is 0 Å². The SMILES string of the molecule is O=C(O)CN(CCN(CC(=O)O)CC(=O)O)CC(=O)O.[Co].[NaH]. The third kappa shape index (κ3) is 15.7. The van der Waals surface area contributed by atoms with Crippen LogP contribution in [-0.2, 0) is 36.0 Å². The van der Waals surface area contributed by atoms with Gasteiger partial charge in [-0.15, -0.1) is 0 Å². The van der Waals surface area contributed by atoms with E-state index in [4.69, 9.17) is 20.4 Å². The normalized spacial score (nSPS) is 9.73. The van der Waals surface area contributed by atoms with Crippen molar-refractivity contribution in [2.24, 2.45) is 0 Å². The molecule has 0 amide bonds. The topological polar surface area (TPSA) is 156 Å². The Morgan fingerprint density at radius 3 is 0.909 bits per heavy atom. The Morgan fingerprint density at radius 1 is 0.591 bits per heavy atom. The number of rotatable bonds is 11. The molecule has 10 nitrogen and oxygen atoms in total. The summed E-state index contributed by atoms with van der Waals surface area (Å²) < 4.78 is 0. The zero-order valence-corrected chi connectivity index (χ0v) is 11.9. The first-order chi connectivity index (χ1) is 9.20. The predicted molar refractivity (Wildman–Crippen MR) is 70.6 cm³/mol. The van der Waals surface area contributed by atoms with Crippen LogP contribution in [0.5, 0.6) is 0 Å².